The Labute approximate surface area is 200 Å². The van der Waals surface area contributed by atoms with Crippen LogP contribution in [0, 0.1) is 0 Å². The molecule has 174 valence electrons. The second kappa shape index (κ2) is 10.4. The Morgan fingerprint density at radius 1 is 1.24 bits per heavy atom. The van der Waals surface area contributed by atoms with Crippen molar-refractivity contribution >= 4 is 23.4 Å². The summed E-state index contributed by atoms with van der Waals surface area (Å²) >= 11 is 6.33. The molecule has 1 saturated heterocycles. The zero-order chi connectivity index (χ0) is 23.4. The minimum Gasteiger partial charge on any atom is -0.460 e. The molecular weight excluding hydrogens is 438 g/mol. The number of rotatable bonds is 8. The number of carbonyl (C=O) groups is 1. The molecule has 6 nitrogen and oxygen atoms in total. The number of benzene rings is 1. The number of pyridine rings is 1. The molecule has 1 fully saturated rings. The van der Waals surface area contributed by atoms with Gasteiger partial charge in [0, 0.05) is 30.9 Å². The number of likely N-dealkylation sites (N-methyl/N-ethyl adjacent to an activating group) is 1. The summed E-state index contributed by atoms with van der Waals surface area (Å²) in [4.78, 5) is 21.7. The second-order valence-corrected chi connectivity index (χ2v) is 8.93. The molecule has 4 rings (SSSR count). The van der Waals surface area contributed by atoms with Crippen LogP contribution in [0.25, 0.3) is 11.3 Å². The Balaban J connectivity index is 1.45. The molecule has 0 N–H and O–H groups in total. The largest absolute Gasteiger partial charge is 0.460 e. The molecule has 3 heterocycles. The molecule has 0 saturated carbocycles. The van der Waals surface area contributed by atoms with Crippen LogP contribution in [0.2, 0.25) is 5.02 Å². The highest BCUT2D eigenvalue weighted by Crippen LogP contribution is 2.30. The zero-order valence-electron chi connectivity index (χ0n) is 19.3. The molecular formula is C26H30ClN3O3. The summed E-state index contributed by atoms with van der Waals surface area (Å²) in [6.07, 6.45) is 2.54. The minimum absolute atomic E-state index is 0.170. The highest BCUT2D eigenvalue weighted by molar-refractivity contribution is 6.33. The van der Waals surface area contributed by atoms with Crippen LogP contribution in [0.3, 0.4) is 0 Å². The lowest BCUT2D eigenvalue weighted by Gasteiger charge is -2.27. The van der Waals surface area contributed by atoms with Crippen molar-refractivity contribution in [2.75, 3.05) is 24.5 Å². The Bertz CT molecular complexity index is 1100. The van der Waals surface area contributed by atoms with Crippen molar-refractivity contribution < 1.29 is 13.9 Å². The van der Waals surface area contributed by atoms with Gasteiger partial charge in [-0.2, -0.15) is 0 Å². The smallest absolute Gasteiger partial charge is 0.342 e. The highest BCUT2D eigenvalue weighted by Gasteiger charge is 2.31. The van der Waals surface area contributed by atoms with Gasteiger partial charge in [0.2, 0.25) is 0 Å². The molecule has 0 aliphatic carbocycles. The van der Waals surface area contributed by atoms with Crippen molar-refractivity contribution in [2.45, 2.75) is 45.9 Å². The van der Waals surface area contributed by atoms with Gasteiger partial charge >= 0.3 is 5.97 Å². The molecule has 0 unspecified atom stereocenters. The Kier molecular flexibility index (Phi) is 7.36. The summed E-state index contributed by atoms with van der Waals surface area (Å²) in [5.41, 5.74) is 1.42. The molecule has 0 spiro atoms. The fourth-order valence-corrected chi connectivity index (χ4v) is 4.51. The number of anilines is 1. The number of carbonyl (C=O) groups excluding carboxylic acids is 1. The van der Waals surface area contributed by atoms with E-state index in [0.29, 0.717) is 29.0 Å². The first-order valence-corrected chi connectivity index (χ1v) is 11.8. The van der Waals surface area contributed by atoms with E-state index in [0.717, 1.165) is 43.1 Å². The quantitative estimate of drug-likeness (QED) is 0.398. The van der Waals surface area contributed by atoms with Gasteiger partial charge in [0.05, 0.1) is 17.7 Å². The van der Waals surface area contributed by atoms with E-state index >= 15 is 0 Å². The topological polar surface area (TPSA) is 58.8 Å². The van der Waals surface area contributed by atoms with Gasteiger partial charge in [-0.05, 0) is 63.2 Å². The lowest BCUT2D eigenvalue weighted by Crippen LogP contribution is -2.37. The summed E-state index contributed by atoms with van der Waals surface area (Å²) in [5, 5.41) is 0.680. The predicted octanol–water partition coefficient (Wildman–Crippen LogP) is 5.66. The number of esters is 1. The maximum Gasteiger partial charge on any atom is 0.342 e. The van der Waals surface area contributed by atoms with Gasteiger partial charge in [0.15, 0.2) is 0 Å². The Morgan fingerprint density at radius 3 is 2.82 bits per heavy atom. The SMILES string of the molecule is CCN(Cc1ccc(-c2ccccc2Cl)o1)[C@@H]1CCN(c2ncccc2C(=O)OC(C)C)C1. The number of hydrogen-bond acceptors (Lipinski definition) is 6. The van der Waals surface area contributed by atoms with Crippen LogP contribution in [-0.4, -0.2) is 47.6 Å². The molecule has 1 aromatic carbocycles. The lowest BCUT2D eigenvalue weighted by atomic mass is 10.2. The molecule has 3 aromatic rings. The Morgan fingerprint density at radius 2 is 2.06 bits per heavy atom. The monoisotopic (exact) mass is 467 g/mol. The van der Waals surface area contributed by atoms with E-state index in [4.69, 9.17) is 20.8 Å². The molecule has 1 aliphatic heterocycles. The molecule has 2 aromatic heterocycles. The van der Waals surface area contributed by atoms with Gasteiger partial charge in [-0.15, -0.1) is 0 Å². The van der Waals surface area contributed by atoms with Crippen LogP contribution in [0.4, 0.5) is 5.82 Å². The lowest BCUT2D eigenvalue weighted by molar-refractivity contribution is 0.0378. The van der Waals surface area contributed by atoms with E-state index < -0.39 is 0 Å². The van der Waals surface area contributed by atoms with Crippen LogP contribution in [-0.2, 0) is 11.3 Å². The van der Waals surface area contributed by atoms with Gasteiger partial charge in [-0.3, -0.25) is 4.90 Å². The third-order valence-electron chi connectivity index (χ3n) is 5.89. The summed E-state index contributed by atoms with van der Waals surface area (Å²) in [6, 6.07) is 15.6. The van der Waals surface area contributed by atoms with Crippen molar-refractivity contribution in [3.05, 3.63) is 71.1 Å². The number of hydrogen-bond donors (Lipinski definition) is 0. The van der Waals surface area contributed by atoms with Crippen molar-refractivity contribution in [3.8, 4) is 11.3 Å². The van der Waals surface area contributed by atoms with E-state index in [1.54, 1.807) is 18.3 Å². The summed E-state index contributed by atoms with van der Waals surface area (Å²) < 4.78 is 11.5. The summed E-state index contributed by atoms with van der Waals surface area (Å²) in [6.45, 7) is 9.10. The number of halogens is 1. The first-order valence-electron chi connectivity index (χ1n) is 11.4. The van der Waals surface area contributed by atoms with Crippen molar-refractivity contribution in [3.63, 3.8) is 0 Å². The summed E-state index contributed by atoms with van der Waals surface area (Å²) in [5.74, 6) is 2.05. The van der Waals surface area contributed by atoms with Crippen molar-refractivity contribution in [2.24, 2.45) is 0 Å². The van der Waals surface area contributed by atoms with E-state index in [1.165, 1.54) is 0 Å². The molecule has 1 aliphatic rings. The van der Waals surface area contributed by atoms with E-state index in [9.17, 15) is 4.79 Å². The molecule has 0 bridgehead atoms. The van der Waals surface area contributed by atoms with Gasteiger partial charge < -0.3 is 14.1 Å². The van der Waals surface area contributed by atoms with Crippen LogP contribution >= 0.6 is 11.6 Å². The fourth-order valence-electron chi connectivity index (χ4n) is 4.29. The fraction of sp³-hybridized carbons (Fsp3) is 0.385. The predicted molar refractivity (Wildman–Crippen MR) is 131 cm³/mol. The van der Waals surface area contributed by atoms with E-state index in [2.05, 4.69) is 21.7 Å². The second-order valence-electron chi connectivity index (χ2n) is 8.53. The van der Waals surface area contributed by atoms with Crippen molar-refractivity contribution in [1.29, 1.82) is 0 Å². The molecule has 0 amide bonds. The Hall–Kier alpha value is -2.83. The van der Waals surface area contributed by atoms with Gasteiger partial charge in [-0.25, -0.2) is 9.78 Å². The standard InChI is InChI=1S/C26H30ClN3O3/c1-4-29(17-20-11-12-24(33-20)21-8-5-6-10-23(21)27)19-13-15-30(16-19)25-22(9-7-14-28-25)26(31)32-18(2)3/h5-12,14,18-19H,4,13,15-17H2,1-3H3/t19-/m1/s1. The van der Waals surface area contributed by atoms with Gasteiger partial charge in [0.1, 0.15) is 22.9 Å². The average Bonchev–Trinajstić information content (AvgIpc) is 3.47. The number of furan rings is 1. The van der Waals surface area contributed by atoms with Crippen LogP contribution in [0.1, 0.15) is 43.3 Å². The maximum absolute atomic E-state index is 12.6. The first-order chi connectivity index (χ1) is 16.0. The molecule has 33 heavy (non-hydrogen) atoms. The van der Waals surface area contributed by atoms with Crippen LogP contribution < -0.4 is 4.90 Å². The average molecular weight is 468 g/mol. The van der Waals surface area contributed by atoms with Crippen LogP contribution in [0.5, 0.6) is 0 Å². The number of ether oxygens (including phenoxy) is 1. The zero-order valence-corrected chi connectivity index (χ0v) is 20.1. The van der Waals surface area contributed by atoms with Gasteiger partial charge in [-0.1, -0.05) is 30.7 Å². The number of nitrogens with zero attached hydrogens (tertiary/aromatic N) is 3. The van der Waals surface area contributed by atoms with Gasteiger partial charge in [0.25, 0.3) is 0 Å². The van der Waals surface area contributed by atoms with E-state index in [-0.39, 0.29) is 12.1 Å². The third-order valence-corrected chi connectivity index (χ3v) is 6.22. The third kappa shape index (κ3) is 5.40. The molecule has 0 radical (unpaired) electrons. The normalized spacial score (nSPS) is 16.1. The minimum atomic E-state index is -0.327. The highest BCUT2D eigenvalue weighted by atomic mass is 35.5. The molecule has 7 heteroatoms. The molecule has 1 atom stereocenters. The van der Waals surface area contributed by atoms with Crippen molar-refractivity contribution in [1.82, 2.24) is 9.88 Å². The summed E-state index contributed by atoms with van der Waals surface area (Å²) in [7, 11) is 0. The first kappa shape index (κ1) is 23.3. The number of aromatic nitrogens is 1. The van der Waals surface area contributed by atoms with E-state index in [1.807, 2.05) is 50.2 Å². The maximum atomic E-state index is 12.6. The van der Waals surface area contributed by atoms with Crippen LogP contribution in [0.15, 0.2) is 59.1 Å².